The average Bonchev–Trinajstić information content (AvgIpc) is 2.71. The summed E-state index contributed by atoms with van der Waals surface area (Å²) >= 11 is 5.22. The van der Waals surface area contributed by atoms with E-state index in [4.69, 9.17) is 26.8 Å². The molecule has 0 unspecified atom stereocenters. The van der Waals surface area contributed by atoms with Crippen LogP contribution in [0.4, 0.5) is 11.4 Å². The standard InChI is InChI=1S/C19H20N2O8S/c22-11-5-1-9(2-6-11)20-19(30)21-10-3-7-12(8-4-10)28-18-15(25)13(23)14(24)16(29-18)17(26)27/h1-8,13-16,18,22-25H,(H,26,27)(H2,20,21,30)/t13-,14-,15+,16-,18+/m0/s1. The van der Waals surface area contributed by atoms with Gasteiger partial charge in [-0.2, -0.15) is 0 Å². The van der Waals surface area contributed by atoms with Gasteiger partial charge in [0.05, 0.1) is 0 Å². The summed E-state index contributed by atoms with van der Waals surface area (Å²) in [6.07, 6.45) is -8.39. The Bertz CT molecular complexity index is 892. The van der Waals surface area contributed by atoms with Gasteiger partial charge in [0.25, 0.3) is 0 Å². The second-order valence-corrected chi connectivity index (χ2v) is 6.91. The molecule has 0 radical (unpaired) electrons. The topological polar surface area (TPSA) is 161 Å². The second kappa shape index (κ2) is 9.24. The number of hydrogen-bond acceptors (Lipinski definition) is 8. The number of aliphatic carboxylic acids is 1. The van der Waals surface area contributed by atoms with Crippen molar-refractivity contribution in [2.45, 2.75) is 30.7 Å². The molecule has 2 aromatic carbocycles. The largest absolute Gasteiger partial charge is 0.508 e. The number of benzene rings is 2. The minimum Gasteiger partial charge on any atom is -0.508 e. The molecule has 7 N–H and O–H groups in total. The number of anilines is 2. The molecule has 0 amide bonds. The van der Waals surface area contributed by atoms with Crippen molar-refractivity contribution in [3.05, 3.63) is 48.5 Å². The second-order valence-electron chi connectivity index (χ2n) is 6.50. The van der Waals surface area contributed by atoms with E-state index in [1.54, 1.807) is 24.3 Å². The monoisotopic (exact) mass is 436 g/mol. The molecule has 0 aromatic heterocycles. The third-order valence-electron chi connectivity index (χ3n) is 4.30. The number of phenols is 1. The Morgan fingerprint density at radius 3 is 1.97 bits per heavy atom. The summed E-state index contributed by atoms with van der Waals surface area (Å²) in [7, 11) is 0. The van der Waals surface area contributed by atoms with Crippen molar-refractivity contribution in [2.75, 3.05) is 10.6 Å². The smallest absolute Gasteiger partial charge is 0.335 e. The molecule has 2 aromatic rings. The zero-order valence-corrected chi connectivity index (χ0v) is 16.2. The molecule has 0 saturated carbocycles. The van der Waals surface area contributed by atoms with Crippen molar-refractivity contribution >= 4 is 34.7 Å². The summed E-state index contributed by atoms with van der Waals surface area (Å²) in [5, 5.41) is 54.1. The number of rotatable bonds is 5. The van der Waals surface area contributed by atoms with Crippen molar-refractivity contribution in [2.24, 2.45) is 0 Å². The van der Waals surface area contributed by atoms with E-state index in [1.807, 2.05) is 0 Å². The number of phenolic OH excluding ortho intramolecular Hbond substituents is 1. The van der Waals surface area contributed by atoms with Crippen LogP contribution >= 0.6 is 12.2 Å². The molecule has 5 atom stereocenters. The van der Waals surface area contributed by atoms with E-state index in [-0.39, 0.29) is 11.5 Å². The highest BCUT2D eigenvalue weighted by atomic mass is 32.1. The van der Waals surface area contributed by atoms with Gasteiger partial charge in [-0.25, -0.2) is 4.79 Å². The van der Waals surface area contributed by atoms with Crippen molar-refractivity contribution in [3.8, 4) is 11.5 Å². The van der Waals surface area contributed by atoms with E-state index in [2.05, 4.69) is 10.6 Å². The Morgan fingerprint density at radius 1 is 0.900 bits per heavy atom. The van der Waals surface area contributed by atoms with E-state index in [0.29, 0.717) is 16.5 Å². The van der Waals surface area contributed by atoms with Crippen LogP contribution in [-0.2, 0) is 9.53 Å². The Kier molecular flexibility index (Phi) is 6.70. The quantitative estimate of drug-likeness (QED) is 0.258. The highest BCUT2D eigenvalue weighted by molar-refractivity contribution is 7.80. The lowest BCUT2D eigenvalue weighted by Gasteiger charge is -2.38. The Morgan fingerprint density at radius 2 is 1.43 bits per heavy atom. The van der Waals surface area contributed by atoms with Gasteiger partial charge in [0.1, 0.15) is 29.8 Å². The first-order valence-electron chi connectivity index (χ1n) is 8.81. The fourth-order valence-corrected chi connectivity index (χ4v) is 2.97. The van der Waals surface area contributed by atoms with Gasteiger partial charge in [-0.05, 0) is 60.7 Å². The molecule has 1 heterocycles. The van der Waals surface area contributed by atoms with E-state index in [0.717, 1.165) is 0 Å². The number of nitrogens with one attached hydrogen (secondary N) is 2. The highest BCUT2D eigenvalue weighted by Crippen LogP contribution is 2.25. The van der Waals surface area contributed by atoms with Crippen LogP contribution in [0.3, 0.4) is 0 Å². The number of carbonyl (C=O) groups is 1. The molecule has 1 fully saturated rings. The van der Waals surface area contributed by atoms with Crippen LogP contribution < -0.4 is 15.4 Å². The summed E-state index contributed by atoms with van der Waals surface area (Å²) in [4.78, 5) is 11.1. The molecular formula is C19H20N2O8S. The van der Waals surface area contributed by atoms with E-state index in [9.17, 15) is 25.2 Å². The number of thiocarbonyl (C=S) groups is 1. The zero-order chi connectivity index (χ0) is 21.8. The Hall–Kier alpha value is -2.96. The van der Waals surface area contributed by atoms with Crippen LogP contribution in [-0.4, -0.2) is 67.3 Å². The minimum absolute atomic E-state index is 0.138. The van der Waals surface area contributed by atoms with Gasteiger partial charge < -0.3 is 45.6 Å². The maximum absolute atomic E-state index is 11.1. The number of carboxylic acid groups (broad SMARTS) is 1. The van der Waals surface area contributed by atoms with Crippen LogP contribution in [0.2, 0.25) is 0 Å². The average molecular weight is 436 g/mol. The fourth-order valence-electron chi connectivity index (χ4n) is 2.74. The Balaban J connectivity index is 1.59. The predicted molar refractivity (Wildman–Crippen MR) is 109 cm³/mol. The van der Waals surface area contributed by atoms with Gasteiger partial charge in [0.15, 0.2) is 11.2 Å². The van der Waals surface area contributed by atoms with Crippen molar-refractivity contribution in [3.63, 3.8) is 0 Å². The van der Waals surface area contributed by atoms with Crippen molar-refractivity contribution < 1.29 is 39.8 Å². The van der Waals surface area contributed by atoms with E-state index >= 15 is 0 Å². The first kappa shape index (κ1) is 21.7. The summed E-state index contributed by atoms with van der Waals surface area (Å²) in [5.41, 5.74) is 1.30. The lowest BCUT2D eigenvalue weighted by Crippen LogP contribution is -2.61. The van der Waals surface area contributed by atoms with Crippen LogP contribution in [0.25, 0.3) is 0 Å². The summed E-state index contributed by atoms with van der Waals surface area (Å²) in [6.45, 7) is 0. The van der Waals surface area contributed by atoms with Crippen LogP contribution in [0.15, 0.2) is 48.5 Å². The van der Waals surface area contributed by atoms with Crippen molar-refractivity contribution in [1.29, 1.82) is 0 Å². The SMILES string of the molecule is O=C(O)[C@H]1O[C@@H](Oc2ccc(NC(=S)Nc3ccc(O)cc3)cc2)[C@H](O)[C@@H](O)[C@@H]1O. The van der Waals surface area contributed by atoms with Gasteiger partial charge >= 0.3 is 5.97 Å². The molecule has 0 bridgehead atoms. The normalized spacial score (nSPS) is 25.9. The van der Waals surface area contributed by atoms with E-state index < -0.39 is 36.7 Å². The summed E-state index contributed by atoms with van der Waals surface area (Å²) < 4.78 is 10.5. The number of carboxylic acids is 1. The third kappa shape index (κ3) is 5.14. The number of aliphatic hydroxyl groups excluding tert-OH is 3. The van der Waals surface area contributed by atoms with Crippen LogP contribution in [0.5, 0.6) is 11.5 Å². The van der Waals surface area contributed by atoms with Gasteiger partial charge in [-0.15, -0.1) is 0 Å². The number of aromatic hydroxyl groups is 1. The zero-order valence-electron chi connectivity index (χ0n) is 15.4. The fraction of sp³-hybridized carbons (Fsp3) is 0.263. The van der Waals surface area contributed by atoms with Gasteiger partial charge in [-0.3, -0.25) is 0 Å². The van der Waals surface area contributed by atoms with Crippen LogP contribution in [0, 0.1) is 0 Å². The lowest BCUT2D eigenvalue weighted by molar-refractivity contribution is -0.271. The molecule has 1 aliphatic rings. The van der Waals surface area contributed by atoms with Crippen LogP contribution in [0.1, 0.15) is 0 Å². The molecule has 0 aliphatic carbocycles. The van der Waals surface area contributed by atoms with E-state index in [1.165, 1.54) is 24.3 Å². The molecule has 1 aliphatic heterocycles. The number of hydrogen-bond donors (Lipinski definition) is 7. The lowest BCUT2D eigenvalue weighted by atomic mass is 9.99. The molecule has 160 valence electrons. The maximum atomic E-state index is 11.1. The molecule has 11 heteroatoms. The van der Waals surface area contributed by atoms with Crippen molar-refractivity contribution in [1.82, 2.24) is 0 Å². The summed E-state index contributed by atoms with van der Waals surface area (Å²) in [5.74, 6) is -1.12. The predicted octanol–water partition coefficient (Wildman–Crippen LogP) is 0.472. The molecule has 3 rings (SSSR count). The van der Waals surface area contributed by atoms with Gasteiger partial charge in [0.2, 0.25) is 6.29 Å². The van der Waals surface area contributed by atoms with Gasteiger partial charge in [0, 0.05) is 11.4 Å². The molecule has 30 heavy (non-hydrogen) atoms. The molecular weight excluding hydrogens is 416 g/mol. The molecule has 0 spiro atoms. The summed E-state index contributed by atoms with van der Waals surface area (Å²) in [6, 6.07) is 12.6. The third-order valence-corrected chi connectivity index (χ3v) is 4.51. The maximum Gasteiger partial charge on any atom is 0.335 e. The number of aliphatic hydroxyl groups is 3. The highest BCUT2D eigenvalue weighted by Gasteiger charge is 2.48. The Labute approximate surface area is 176 Å². The first-order chi connectivity index (χ1) is 14.2. The first-order valence-corrected chi connectivity index (χ1v) is 9.21. The molecule has 10 nitrogen and oxygen atoms in total. The van der Waals surface area contributed by atoms with Gasteiger partial charge in [-0.1, -0.05) is 0 Å². The molecule has 1 saturated heterocycles. The minimum atomic E-state index is -1.79. The number of ether oxygens (including phenoxy) is 2.